The number of aliphatic hydroxyl groups excluding tert-OH is 1. The summed E-state index contributed by atoms with van der Waals surface area (Å²) in [6, 6.07) is 6.27. The molecule has 0 spiro atoms. The fourth-order valence-corrected chi connectivity index (χ4v) is 2.84. The van der Waals surface area contributed by atoms with E-state index in [0.29, 0.717) is 6.54 Å². The molecular formula is C18H27N3O2. The van der Waals surface area contributed by atoms with E-state index >= 15 is 0 Å². The summed E-state index contributed by atoms with van der Waals surface area (Å²) >= 11 is 0. The summed E-state index contributed by atoms with van der Waals surface area (Å²) in [5.74, 6) is 0.945. The first-order valence-corrected chi connectivity index (χ1v) is 8.04. The van der Waals surface area contributed by atoms with Gasteiger partial charge in [-0.05, 0) is 45.4 Å². The zero-order chi connectivity index (χ0) is 16.8. The molecule has 1 aromatic carbocycles. The van der Waals surface area contributed by atoms with Crippen LogP contribution in [0, 0.1) is 20.8 Å². The number of aliphatic hydroxyl groups is 1. The van der Waals surface area contributed by atoms with Crippen molar-refractivity contribution in [2.75, 3.05) is 20.3 Å². The average molecular weight is 317 g/mol. The minimum Gasteiger partial charge on any atom is -0.496 e. The highest BCUT2D eigenvalue weighted by molar-refractivity contribution is 5.37. The van der Waals surface area contributed by atoms with Crippen molar-refractivity contribution in [1.82, 2.24) is 15.1 Å². The molecule has 1 heterocycles. The summed E-state index contributed by atoms with van der Waals surface area (Å²) in [5, 5.41) is 17.0. The zero-order valence-electron chi connectivity index (χ0n) is 14.5. The maximum absolute atomic E-state index is 9.07. The Morgan fingerprint density at radius 3 is 2.74 bits per heavy atom. The van der Waals surface area contributed by atoms with Crippen LogP contribution in [0.25, 0.3) is 0 Å². The molecule has 0 aliphatic rings. The highest BCUT2D eigenvalue weighted by Crippen LogP contribution is 2.20. The second-order valence-corrected chi connectivity index (χ2v) is 5.84. The summed E-state index contributed by atoms with van der Waals surface area (Å²) in [7, 11) is 1.71. The number of benzene rings is 1. The third-order valence-corrected chi connectivity index (χ3v) is 4.15. The van der Waals surface area contributed by atoms with E-state index in [-0.39, 0.29) is 6.61 Å². The molecule has 2 N–H and O–H groups in total. The lowest BCUT2D eigenvalue weighted by Crippen LogP contribution is -2.18. The molecule has 0 atom stereocenters. The van der Waals surface area contributed by atoms with E-state index in [9.17, 15) is 0 Å². The quantitative estimate of drug-likeness (QED) is 0.732. The van der Waals surface area contributed by atoms with Crippen molar-refractivity contribution in [1.29, 1.82) is 0 Å². The first-order valence-electron chi connectivity index (χ1n) is 8.04. The van der Waals surface area contributed by atoms with E-state index < -0.39 is 0 Å². The molecule has 1 aromatic heterocycles. The molecule has 2 rings (SSSR count). The van der Waals surface area contributed by atoms with Crippen LogP contribution in [0.4, 0.5) is 0 Å². The first-order chi connectivity index (χ1) is 11.1. The van der Waals surface area contributed by atoms with Gasteiger partial charge < -0.3 is 15.2 Å². The molecule has 2 aromatic rings. The number of methoxy groups -OCH3 is 1. The van der Waals surface area contributed by atoms with Crippen LogP contribution in [0.2, 0.25) is 0 Å². The van der Waals surface area contributed by atoms with Gasteiger partial charge in [0.1, 0.15) is 5.75 Å². The summed E-state index contributed by atoms with van der Waals surface area (Å²) in [6.45, 7) is 8.49. The second-order valence-electron chi connectivity index (χ2n) is 5.84. The second kappa shape index (κ2) is 8.13. The summed E-state index contributed by atoms with van der Waals surface area (Å²) in [5.41, 5.74) is 5.84. The van der Waals surface area contributed by atoms with Gasteiger partial charge in [0.05, 0.1) is 26.0 Å². The molecule has 0 saturated heterocycles. The van der Waals surface area contributed by atoms with Crippen LogP contribution in [-0.2, 0) is 19.5 Å². The molecule has 5 nitrogen and oxygen atoms in total. The highest BCUT2D eigenvalue weighted by Gasteiger charge is 2.10. The van der Waals surface area contributed by atoms with Crippen molar-refractivity contribution < 1.29 is 9.84 Å². The first kappa shape index (κ1) is 17.5. The van der Waals surface area contributed by atoms with E-state index in [0.717, 1.165) is 36.6 Å². The van der Waals surface area contributed by atoms with Crippen molar-refractivity contribution in [3.63, 3.8) is 0 Å². The monoisotopic (exact) mass is 317 g/mol. The number of hydrogen-bond donors (Lipinski definition) is 2. The lowest BCUT2D eigenvalue weighted by atomic mass is 10.1. The van der Waals surface area contributed by atoms with Crippen molar-refractivity contribution in [3.8, 4) is 5.75 Å². The molecule has 5 heteroatoms. The topological polar surface area (TPSA) is 59.3 Å². The molecule has 23 heavy (non-hydrogen) atoms. The van der Waals surface area contributed by atoms with Gasteiger partial charge in [-0.25, -0.2) is 0 Å². The molecule has 0 radical (unpaired) electrons. The van der Waals surface area contributed by atoms with E-state index in [1.54, 1.807) is 7.11 Å². The van der Waals surface area contributed by atoms with Gasteiger partial charge in [0.15, 0.2) is 0 Å². The standard InChI is InChI=1S/C18H27N3O2/c1-13-5-6-18(23-4)16(11-13)7-8-19-12-17-14(2)20-21(9-10-22)15(17)3/h5-6,11,19,22H,7-10,12H2,1-4H3. The molecule has 0 saturated carbocycles. The summed E-state index contributed by atoms with van der Waals surface area (Å²) in [4.78, 5) is 0. The van der Waals surface area contributed by atoms with E-state index in [1.165, 1.54) is 16.7 Å². The number of nitrogens with one attached hydrogen (secondary N) is 1. The minimum absolute atomic E-state index is 0.113. The van der Waals surface area contributed by atoms with Crippen LogP contribution in [0.1, 0.15) is 28.1 Å². The van der Waals surface area contributed by atoms with Gasteiger partial charge in [0, 0.05) is 17.8 Å². The van der Waals surface area contributed by atoms with Crippen LogP contribution in [0.3, 0.4) is 0 Å². The normalized spacial score (nSPS) is 11.0. The zero-order valence-corrected chi connectivity index (χ0v) is 14.5. The fourth-order valence-electron chi connectivity index (χ4n) is 2.84. The predicted molar refractivity (Wildman–Crippen MR) is 91.9 cm³/mol. The maximum Gasteiger partial charge on any atom is 0.122 e. The minimum atomic E-state index is 0.113. The lowest BCUT2D eigenvalue weighted by molar-refractivity contribution is 0.267. The number of aryl methyl sites for hydroxylation is 2. The molecule has 0 fully saturated rings. The molecule has 0 amide bonds. The van der Waals surface area contributed by atoms with E-state index in [2.05, 4.69) is 36.4 Å². The van der Waals surface area contributed by atoms with E-state index in [4.69, 9.17) is 9.84 Å². The lowest BCUT2D eigenvalue weighted by Gasteiger charge is -2.10. The van der Waals surface area contributed by atoms with Crippen LogP contribution in [0.5, 0.6) is 5.75 Å². The van der Waals surface area contributed by atoms with Gasteiger partial charge in [-0.1, -0.05) is 17.7 Å². The molecule has 0 aliphatic heterocycles. The van der Waals surface area contributed by atoms with Gasteiger partial charge in [0.2, 0.25) is 0 Å². The molecular weight excluding hydrogens is 290 g/mol. The van der Waals surface area contributed by atoms with Gasteiger partial charge in [-0.2, -0.15) is 5.10 Å². The Hall–Kier alpha value is -1.85. The van der Waals surface area contributed by atoms with Crippen LogP contribution < -0.4 is 10.1 Å². The van der Waals surface area contributed by atoms with Gasteiger partial charge in [0.25, 0.3) is 0 Å². The Balaban J connectivity index is 1.92. The molecule has 0 unspecified atom stereocenters. The van der Waals surface area contributed by atoms with Crippen molar-refractivity contribution in [3.05, 3.63) is 46.3 Å². The molecule has 0 bridgehead atoms. The van der Waals surface area contributed by atoms with Crippen molar-refractivity contribution >= 4 is 0 Å². The maximum atomic E-state index is 9.07. The number of aromatic nitrogens is 2. The van der Waals surface area contributed by atoms with Gasteiger partial charge in [-0.3, -0.25) is 4.68 Å². The summed E-state index contributed by atoms with van der Waals surface area (Å²) in [6.07, 6.45) is 0.924. The predicted octanol–water partition coefficient (Wildman–Crippen LogP) is 2.14. The third kappa shape index (κ3) is 4.33. The third-order valence-electron chi connectivity index (χ3n) is 4.15. The van der Waals surface area contributed by atoms with Crippen molar-refractivity contribution in [2.24, 2.45) is 0 Å². The Kier molecular flexibility index (Phi) is 6.19. The number of hydrogen-bond acceptors (Lipinski definition) is 4. The van der Waals surface area contributed by atoms with Gasteiger partial charge in [-0.15, -0.1) is 0 Å². The Morgan fingerprint density at radius 1 is 1.26 bits per heavy atom. The van der Waals surface area contributed by atoms with Crippen molar-refractivity contribution in [2.45, 2.75) is 40.3 Å². The SMILES string of the molecule is COc1ccc(C)cc1CCNCc1c(C)nn(CCO)c1C. The smallest absolute Gasteiger partial charge is 0.122 e. The van der Waals surface area contributed by atoms with Crippen LogP contribution in [-0.4, -0.2) is 35.1 Å². The van der Waals surface area contributed by atoms with Crippen LogP contribution >= 0.6 is 0 Å². The number of nitrogens with zero attached hydrogens (tertiary/aromatic N) is 2. The number of ether oxygens (including phenoxy) is 1. The van der Waals surface area contributed by atoms with Gasteiger partial charge >= 0.3 is 0 Å². The Bertz CT molecular complexity index is 650. The highest BCUT2D eigenvalue weighted by atomic mass is 16.5. The average Bonchev–Trinajstić information content (AvgIpc) is 2.79. The largest absolute Gasteiger partial charge is 0.496 e. The summed E-state index contributed by atoms with van der Waals surface area (Å²) < 4.78 is 7.29. The van der Waals surface area contributed by atoms with Crippen LogP contribution in [0.15, 0.2) is 18.2 Å². The Labute approximate surface area is 138 Å². The Morgan fingerprint density at radius 2 is 2.04 bits per heavy atom. The number of rotatable bonds is 8. The molecule has 0 aliphatic carbocycles. The fraction of sp³-hybridized carbons (Fsp3) is 0.500. The van der Waals surface area contributed by atoms with E-state index in [1.807, 2.05) is 17.7 Å². The molecule has 126 valence electrons.